The number of carbonyl (C=O) groups excluding carboxylic acids is 1. The lowest BCUT2D eigenvalue weighted by molar-refractivity contribution is -0.0613. The molecule has 3 heterocycles. The first kappa shape index (κ1) is 18.8. The molecule has 26 heavy (non-hydrogen) atoms. The lowest BCUT2D eigenvalue weighted by Crippen LogP contribution is -2.45. The highest BCUT2D eigenvalue weighted by atomic mass is 32.1. The van der Waals surface area contributed by atoms with Gasteiger partial charge in [-0.2, -0.15) is 0 Å². The first-order chi connectivity index (χ1) is 12.6. The predicted octanol–water partition coefficient (Wildman–Crippen LogP) is 2.80. The summed E-state index contributed by atoms with van der Waals surface area (Å²) in [5, 5.41) is 5.35. The van der Waals surface area contributed by atoms with E-state index in [1.165, 1.54) is 11.3 Å². The van der Waals surface area contributed by atoms with E-state index in [-0.39, 0.29) is 12.7 Å². The molecular weight excluding hydrogens is 352 g/mol. The smallest absolute Gasteiger partial charge is 0.357 e. The van der Waals surface area contributed by atoms with Crippen molar-refractivity contribution in [2.24, 2.45) is 5.92 Å². The number of ether oxygens (including phenoxy) is 2. The number of thiazole rings is 1. The van der Waals surface area contributed by atoms with Gasteiger partial charge in [-0.1, -0.05) is 19.9 Å². The molecule has 0 aliphatic carbocycles. The van der Waals surface area contributed by atoms with Gasteiger partial charge >= 0.3 is 5.97 Å². The summed E-state index contributed by atoms with van der Waals surface area (Å²) in [5.41, 5.74) is 0.295. The number of carbonyl (C=O) groups is 1. The molecule has 1 aliphatic rings. The number of rotatable bonds is 7. The molecule has 140 valence electrons. The van der Waals surface area contributed by atoms with Crippen LogP contribution in [-0.2, 0) is 9.47 Å². The molecule has 7 nitrogen and oxygen atoms in total. The third-order valence-corrected chi connectivity index (χ3v) is 4.62. The molecule has 8 heteroatoms. The van der Waals surface area contributed by atoms with E-state index in [4.69, 9.17) is 9.47 Å². The molecule has 0 bridgehead atoms. The molecule has 0 radical (unpaired) electrons. The quantitative estimate of drug-likeness (QED) is 0.745. The monoisotopic (exact) mass is 376 g/mol. The van der Waals surface area contributed by atoms with E-state index in [9.17, 15) is 4.79 Å². The molecule has 2 aromatic rings. The van der Waals surface area contributed by atoms with Crippen molar-refractivity contribution in [3.8, 4) is 0 Å². The Balaban J connectivity index is 1.48. The molecule has 1 atom stereocenters. The maximum Gasteiger partial charge on any atom is 0.357 e. The summed E-state index contributed by atoms with van der Waals surface area (Å²) in [4.78, 5) is 23.0. The van der Waals surface area contributed by atoms with E-state index < -0.39 is 5.97 Å². The maximum atomic E-state index is 12.2. The summed E-state index contributed by atoms with van der Waals surface area (Å²) in [6, 6.07) is 5.55. The Labute approximate surface area is 157 Å². The van der Waals surface area contributed by atoms with Crippen molar-refractivity contribution in [1.82, 2.24) is 14.9 Å². The van der Waals surface area contributed by atoms with Crippen LogP contribution < -0.4 is 5.32 Å². The number of nitrogens with one attached hydrogen (secondary N) is 1. The highest BCUT2D eigenvalue weighted by Gasteiger charge is 2.23. The molecule has 2 aromatic heterocycles. The lowest BCUT2D eigenvalue weighted by Gasteiger charge is -2.33. The van der Waals surface area contributed by atoms with Crippen molar-refractivity contribution in [1.29, 1.82) is 0 Å². The highest BCUT2D eigenvalue weighted by Crippen LogP contribution is 2.20. The Morgan fingerprint density at radius 1 is 1.50 bits per heavy atom. The van der Waals surface area contributed by atoms with E-state index in [0.717, 1.165) is 19.6 Å². The second-order valence-corrected chi connectivity index (χ2v) is 7.48. The third-order valence-electron chi connectivity index (χ3n) is 3.86. The molecule has 3 rings (SSSR count). The van der Waals surface area contributed by atoms with Gasteiger partial charge in [0.25, 0.3) is 0 Å². The van der Waals surface area contributed by atoms with E-state index in [0.29, 0.717) is 29.2 Å². The Bertz CT molecular complexity index is 707. The number of pyridine rings is 1. The Morgan fingerprint density at radius 3 is 3.15 bits per heavy atom. The van der Waals surface area contributed by atoms with Crippen LogP contribution in [0.25, 0.3) is 0 Å². The summed E-state index contributed by atoms with van der Waals surface area (Å²) < 4.78 is 11.1. The SMILES string of the molecule is CC(C)CN1CCO[C@H](COC(=O)c2csc(Nc3ccccn3)n2)C1. The molecule has 1 N–H and O–H groups in total. The van der Waals surface area contributed by atoms with Gasteiger partial charge in [0.15, 0.2) is 10.8 Å². The summed E-state index contributed by atoms with van der Waals surface area (Å²) in [7, 11) is 0. The standard InChI is InChI=1S/C18H24N4O3S/c1-13(2)9-22-7-8-24-14(10-22)11-25-17(23)15-12-26-18(20-15)21-16-5-3-4-6-19-16/h3-6,12-14H,7-11H2,1-2H3,(H,19,20,21)/t14-/m0/s1. The van der Waals surface area contributed by atoms with Gasteiger partial charge in [0.1, 0.15) is 18.5 Å². The normalized spacial score (nSPS) is 18.0. The number of morpholine rings is 1. The first-order valence-corrected chi connectivity index (χ1v) is 9.63. The summed E-state index contributed by atoms with van der Waals surface area (Å²) >= 11 is 1.34. The van der Waals surface area contributed by atoms with Crippen molar-refractivity contribution in [2.75, 3.05) is 38.2 Å². The fourth-order valence-corrected chi connectivity index (χ4v) is 3.46. The van der Waals surface area contributed by atoms with Gasteiger partial charge in [-0.25, -0.2) is 14.8 Å². The average Bonchev–Trinajstić information content (AvgIpc) is 3.09. The molecular formula is C18H24N4O3S. The fraction of sp³-hybridized carbons (Fsp3) is 0.500. The van der Waals surface area contributed by atoms with E-state index in [1.807, 2.05) is 18.2 Å². The van der Waals surface area contributed by atoms with Crippen molar-refractivity contribution < 1.29 is 14.3 Å². The minimum absolute atomic E-state index is 0.0869. The third kappa shape index (κ3) is 5.48. The highest BCUT2D eigenvalue weighted by molar-refractivity contribution is 7.14. The minimum Gasteiger partial charge on any atom is -0.458 e. The molecule has 0 unspecified atom stereocenters. The van der Waals surface area contributed by atoms with Gasteiger partial charge in [0.2, 0.25) is 0 Å². The second-order valence-electron chi connectivity index (χ2n) is 6.62. The van der Waals surface area contributed by atoms with Crippen molar-refractivity contribution in [2.45, 2.75) is 20.0 Å². The molecule has 0 aromatic carbocycles. The number of aromatic nitrogens is 2. The first-order valence-electron chi connectivity index (χ1n) is 8.75. The lowest BCUT2D eigenvalue weighted by atomic mass is 10.2. The zero-order chi connectivity index (χ0) is 18.4. The summed E-state index contributed by atoms with van der Waals surface area (Å²) in [5.74, 6) is 0.860. The zero-order valence-corrected chi connectivity index (χ0v) is 15.9. The van der Waals surface area contributed by atoms with Crippen LogP contribution in [-0.4, -0.2) is 59.8 Å². The Morgan fingerprint density at radius 2 is 2.38 bits per heavy atom. The number of hydrogen-bond donors (Lipinski definition) is 1. The van der Waals surface area contributed by atoms with Crippen LogP contribution in [0.4, 0.5) is 10.9 Å². The van der Waals surface area contributed by atoms with Gasteiger partial charge in [0, 0.05) is 31.2 Å². The minimum atomic E-state index is -0.431. The summed E-state index contributed by atoms with van der Waals surface area (Å²) in [6.07, 6.45) is 1.61. The number of nitrogens with zero attached hydrogens (tertiary/aromatic N) is 3. The fourth-order valence-electron chi connectivity index (χ4n) is 2.78. The van der Waals surface area contributed by atoms with Crippen LogP contribution in [0.15, 0.2) is 29.8 Å². The van der Waals surface area contributed by atoms with E-state index >= 15 is 0 Å². The van der Waals surface area contributed by atoms with E-state index in [1.54, 1.807) is 11.6 Å². The van der Waals surface area contributed by atoms with Crippen LogP contribution in [0.1, 0.15) is 24.3 Å². The van der Waals surface area contributed by atoms with E-state index in [2.05, 4.69) is 34.0 Å². The summed E-state index contributed by atoms with van der Waals surface area (Å²) in [6.45, 7) is 8.05. The van der Waals surface area contributed by atoms with Crippen LogP contribution in [0.3, 0.4) is 0 Å². The molecule has 1 saturated heterocycles. The molecule has 0 amide bonds. The zero-order valence-electron chi connectivity index (χ0n) is 15.1. The average molecular weight is 376 g/mol. The van der Waals surface area contributed by atoms with Crippen molar-refractivity contribution in [3.63, 3.8) is 0 Å². The number of hydrogen-bond acceptors (Lipinski definition) is 8. The molecule has 1 fully saturated rings. The van der Waals surface area contributed by atoms with Gasteiger partial charge in [-0.05, 0) is 18.1 Å². The van der Waals surface area contributed by atoms with Crippen LogP contribution in [0, 0.1) is 5.92 Å². The van der Waals surface area contributed by atoms with Crippen molar-refractivity contribution in [3.05, 3.63) is 35.5 Å². The van der Waals surface area contributed by atoms with Gasteiger partial charge in [-0.15, -0.1) is 11.3 Å². The van der Waals surface area contributed by atoms with Crippen LogP contribution in [0.2, 0.25) is 0 Å². The predicted molar refractivity (Wildman–Crippen MR) is 101 cm³/mol. The largest absolute Gasteiger partial charge is 0.458 e. The van der Waals surface area contributed by atoms with Crippen molar-refractivity contribution >= 4 is 28.3 Å². The molecule has 1 aliphatic heterocycles. The molecule has 0 saturated carbocycles. The van der Waals surface area contributed by atoms with Gasteiger partial charge < -0.3 is 14.8 Å². The maximum absolute atomic E-state index is 12.2. The number of esters is 1. The van der Waals surface area contributed by atoms with Gasteiger partial charge in [-0.3, -0.25) is 4.90 Å². The Kier molecular flexibility index (Phi) is 6.54. The van der Waals surface area contributed by atoms with Crippen LogP contribution in [0.5, 0.6) is 0 Å². The second kappa shape index (κ2) is 9.07. The Hall–Kier alpha value is -2.03. The molecule has 0 spiro atoms. The van der Waals surface area contributed by atoms with Gasteiger partial charge in [0.05, 0.1) is 6.61 Å². The number of anilines is 2. The van der Waals surface area contributed by atoms with Crippen LogP contribution >= 0.6 is 11.3 Å². The topological polar surface area (TPSA) is 76.6 Å².